The molecule has 0 spiro atoms. The van der Waals surface area contributed by atoms with E-state index in [0.717, 1.165) is 33.5 Å². The van der Waals surface area contributed by atoms with Crippen molar-refractivity contribution in [2.24, 2.45) is 7.05 Å². The minimum Gasteiger partial charge on any atom is -0.381 e. The Labute approximate surface area is 155 Å². The first kappa shape index (κ1) is 15.5. The van der Waals surface area contributed by atoms with E-state index >= 15 is 0 Å². The van der Waals surface area contributed by atoms with E-state index in [9.17, 15) is 0 Å². The van der Waals surface area contributed by atoms with Crippen molar-refractivity contribution < 1.29 is 0 Å². The average molecular weight is 355 g/mol. The third-order valence-electron chi connectivity index (χ3n) is 4.76. The van der Waals surface area contributed by atoms with Crippen LogP contribution in [0.5, 0.6) is 0 Å². The van der Waals surface area contributed by atoms with E-state index in [-0.39, 0.29) is 0 Å². The second-order valence-electron chi connectivity index (χ2n) is 6.55. The van der Waals surface area contributed by atoms with Gasteiger partial charge in [-0.1, -0.05) is 6.07 Å². The molecule has 0 fully saturated rings. The summed E-state index contributed by atoms with van der Waals surface area (Å²) in [6, 6.07) is 10.2. The van der Waals surface area contributed by atoms with Crippen LogP contribution in [0.2, 0.25) is 0 Å². The van der Waals surface area contributed by atoms with Crippen LogP contribution in [0.4, 0.5) is 5.82 Å². The molecule has 27 heavy (non-hydrogen) atoms. The molecule has 1 aromatic carbocycles. The molecule has 0 aliphatic rings. The normalized spacial score (nSPS) is 11.5. The van der Waals surface area contributed by atoms with Crippen molar-refractivity contribution in [3.63, 3.8) is 0 Å². The highest BCUT2D eigenvalue weighted by Crippen LogP contribution is 2.34. The Hall–Kier alpha value is -3.74. The van der Waals surface area contributed by atoms with Crippen molar-refractivity contribution >= 4 is 22.4 Å². The largest absolute Gasteiger partial charge is 0.381 e. The number of nitrogens with two attached hydrogens (primary N) is 1. The minimum absolute atomic E-state index is 0.378. The van der Waals surface area contributed by atoms with E-state index in [4.69, 9.17) is 5.73 Å². The van der Waals surface area contributed by atoms with E-state index in [1.54, 1.807) is 10.9 Å². The molecule has 4 heterocycles. The molecule has 7 heteroatoms. The number of hydrogen-bond acceptors (Lipinski definition) is 5. The van der Waals surface area contributed by atoms with Gasteiger partial charge in [0.05, 0.1) is 11.2 Å². The minimum atomic E-state index is 0.378. The molecule has 0 amide bonds. The molecule has 0 aliphatic carbocycles. The van der Waals surface area contributed by atoms with Crippen molar-refractivity contribution in [3.05, 3.63) is 60.7 Å². The molecule has 7 nitrogen and oxygen atoms in total. The van der Waals surface area contributed by atoms with Gasteiger partial charge in [0, 0.05) is 42.8 Å². The van der Waals surface area contributed by atoms with Gasteiger partial charge < -0.3 is 5.73 Å². The van der Waals surface area contributed by atoms with Crippen molar-refractivity contribution in [3.8, 4) is 22.6 Å². The van der Waals surface area contributed by atoms with Gasteiger partial charge in [-0.15, -0.1) is 0 Å². The highest BCUT2D eigenvalue weighted by Gasteiger charge is 2.19. The van der Waals surface area contributed by atoms with E-state index in [1.165, 1.54) is 5.56 Å². The maximum absolute atomic E-state index is 6.17. The second-order valence-corrected chi connectivity index (χ2v) is 6.55. The Morgan fingerprint density at radius 2 is 1.89 bits per heavy atom. The number of aryl methyl sites for hydroxylation is 2. The maximum Gasteiger partial charge on any atom is 0.180 e. The number of benzene rings is 1. The molecule has 0 aliphatic heterocycles. The smallest absolute Gasteiger partial charge is 0.180 e. The van der Waals surface area contributed by atoms with Gasteiger partial charge in [-0.2, -0.15) is 5.10 Å². The molecule has 0 saturated heterocycles. The summed E-state index contributed by atoms with van der Waals surface area (Å²) in [5.74, 6) is 0.378. The number of pyridine rings is 1. The SMILES string of the molecule is Cc1ccnc2ccc(-c3c(-c4ccn(C)n4)nc(N)c4nccn34)cc12. The van der Waals surface area contributed by atoms with Gasteiger partial charge in [-0.3, -0.25) is 14.1 Å². The molecular formula is C20H17N7. The first-order valence-corrected chi connectivity index (χ1v) is 8.60. The summed E-state index contributed by atoms with van der Waals surface area (Å²) >= 11 is 0. The number of anilines is 1. The lowest BCUT2D eigenvalue weighted by Gasteiger charge is -2.13. The maximum atomic E-state index is 6.17. The quantitative estimate of drug-likeness (QED) is 0.525. The highest BCUT2D eigenvalue weighted by molar-refractivity contribution is 5.90. The summed E-state index contributed by atoms with van der Waals surface area (Å²) in [6.45, 7) is 2.08. The number of nitrogens with zero attached hydrogens (tertiary/aromatic N) is 6. The van der Waals surface area contributed by atoms with Crippen LogP contribution in [0.15, 0.2) is 55.1 Å². The topological polar surface area (TPSA) is 86.9 Å². The molecule has 132 valence electrons. The summed E-state index contributed by atoms with van der Waals surface area (Å²) in [5.41, 5.74) is 12.3. The van der Waals surface area contributed by atoms with Crippen LogP contribution >= 0.6 is 0 Å². The lowest BCUT2D eigenvalue weighted by atomic mass is 10.0. The predicted octanol–water partition coefficient (Wildman–Crippen LogP) is 3.24. The number of hydrogen-bond donors (Lipinski definition) is 1. The number of aromatic nitrogens is 6. The van der Waals surface area contributed by atoms with Crippen LogP contribution in [0, 0.1) is 6.92 Å². The molecule has 0 radical (unpaired) electrons. The van der Waals surface area contributed by atoms with Crippen LogP contribution in [0.25, 0.3) is 39.2 Å². The van der Waals surface area contributed by atoms with Gasteiger partial charge in [0.1, 0.15) is 11.4 Å². The van der Waals surface area contributed by atoms with E-state index < -0.39 is 0 Å². The number of rotatable bonds is 2. The Morgan fingerprint density at radius 3 is 2.70 bits per heavy atom. The van der Waals surface area contributed by atoms with Crippen LogP contribution in [-0.2, 0) is 7.05 Å². The van der Waals surface area contributed by atoms with E-state index in [0.29, 0.717) is 11.5 Å². The molecule has 0 unspecified atom stereocenters. The van der Waals surface area contributed by atoms with Gasteiger partial charge in [-0.25, -0.2) is 9.97 Å². The van der Waals surface area contributed by atoms with Gasteiger partial charge in [0.15, 0.2) is 11.5 Å². The molecule has 4 aromatic heterocycles. The highest BCUT2D eigenvalue weighted by atomic mass is 15.3. The van der Waals surface area contributed by atoms with Gasteiger partial charge in [0.25, 0.3) is 0 Å². The Morgan fingerprint density at radius 1 is 1.00 bits per heavy atom. The fourth-order valence-electron chi connectivity index (χ4n) is 3.44. The Bertz CT molecular complexity index is 1310. The summed E-state index contributed by atoms with van der Waals surface area (Å²) in [7, 11) is 1.88. The fourth-order valence-corrected chi connectivity index (χ4v) is 3.44. The lowest BCUT2D eigenvalue weighted by molar-refractivity contribution is 0.770. The van der Waals surface area contributed by atoms with Crippen molar-refractivity contribution in [1.29, 1.82) is 0 Å². The first-order valence-electron chi connectivity index (χ1n) is 8.60. The first-order chi connectivity index (χ1) is 13.1. The van der Waals surface area contributed by atoms with Crippen LogP contribution < -0.4 is 5.73 Å². The van der Waals surface area contributed by atoms with Crippen LogP contribution in [-0.4, -0.2) is 29.1 Å². The van der Waals surface area contributed by atoms with E-state index in [1.807, 2.05) is 54.3 Å². The van der Waals surface area contributed by atoms with Gasteiger partial charge >= 0.3 is 0 Å². The van der Waals surface area contributed by atoms with Crippen molar-refractivity contribution in [2.45, 2.75) is 6.92 Å². The van der Waals surface area contributed by atoms with Crippen LogP contribution in [0.1, 0.15) is 5.56 Å². The number of imidazole rings is 1. The standard InChI is InChI=1S/C20H17N7/c1-12-5-7-22-15-4-3-13(11-14(12)15)18-17(16-6-9-26(2)25-16)24-19(21)20-23-8-10-27(18)20/h3-11H,1-2H3,(H2,21,24). The predicted molar refractivity (Wildman–Crippen MR) is 105 cm³/mol. The average Bonchev–Trinajstić information content (AvgIpc) is 3.31. The third-order valence-corrected chi connectivity index (χ3v) is 4.76. The summed E-state index contributed by atoms with van der Waals surface area (Å²) < 4.78 is 3.72. The number of fused-ring (bicyclic) bond motifs is 2. The lowest BCUT2D eigenvalue weighted by Crippen LogP contribution is -2.04. The molecule has 5 rings (SSSR count). The number of nitrogen functional groups attached to an aromatic ring is 1. The zero-order chi connectivity index (χ0) is 18.5. The Balaban J connectivity index is 1.88. The van der Waals surface area contributed by atoms with Gasteiger partial charge in [-0.05, 0) is 36.8 Å². The molecule has 2 N–H and O–H groups in total. The monoisotopic (exact) mass is 355 g/mol. The van der Waals surface area contributed by atoms with Crippen molar-refractivity contribution in [2.75, 3.05) is 5.73 Å². The molecule has 0 atom stereocenters. The molecule has 0 saturated carbocycles. The van der Waals surface area contributed by atoms with E-state index in [2.05, 4.69) is 33.0 Å². The molecule has 5 aromatic rings. The third kappa shape index (κ3) is 2.36. The molecular weight excluding hydrogens is 338 g/mol. The Kier molecular flexibility index (Phi) is 3.24. The molecule has 0 bridgehead atoms. The zero-order valence-corrected chi connectivity index (χ0v) is 15.0. The summed E-state index contributed by atoms with van der Waals surface area (Å²) in [5, 5.41) is 5.64. The van der Waals surface area contributed by atoms with Crippen molar-refractivity contribution in [1.82, 2.24) is 29.1 Å². The summed E-state index contributed by atoms with van der Waals surface area (Å²) in [4.78, 5) is 13.5. The fraction of sp³-hybridized carbons (Fsp3) is 0.100. The zero-order valence-electron chi connectivity index (χ0n) is 15.0. The van der Waals surface area contributed by atoms with Crippen LogP contribution in [0.3, 0.4) is 0 Å². The second kappa shape index (κ2) is 5.63. The van der Waals surface area contributed by atoms with Gasteiger partial charge in [0.2, 0.25) is 0 Å². The summed E-state index contributed by atoms with van der Waals surface area (Å²) in [6.07, 6.45) is 7.35.